The molecule has 0 aliphatic heterocycles. The summed E-state index contributed by atoms with van der Waals surface area (Å²) >= 11 is 0. The second-order valence-electron chi connectivity index (χ2n) is 6.69. The average molecular weight is 323 g/mol. The maximum Gasteiger partial charge on any atom is 0.152 e. The summed E-state index contributed by atoms with van der Waals surface area (Å²) in [6, 6.07) is 13.3. The second kappa shape index (κ2) is 7.05. The van der Waals surface area contributed by atoms with Crippen LogP contribution in [0.3, 0.4) is 0 Å². The third kappa shape index (κ3) is 3.14. The standard InChI is InChI=1S/C21H22FNO/c1-14-3-5-15(6-4-14)16-7-9-17(10-8-16)18-11-12-20(24-2)19(13-23)21(18)22/h7-12,14-15H,3-6H2,1-2H3. The molecule has 3 heteroatoms. The van der Waals surface area contributed by atoms with E-state index >= 15 is 0 Å². The minimum absolute atomic E-state index is 0.0413. The Morgan fingerprint density at radius 1 is 1.04 bits per heavy atom. The fourth-order valence-corrected chi connectivity index (χ4v) is 3.58. The molecule has 24 heavy (non-hydrogen) atoms. The number of hydrogen-bond donors (Lipinski definition) is 0. The molecule has 2 nitrogen and oxygen atoms in total. The molecule has 0 saturated heterocycles. The van der Waals surface area contributed by atoms with Gasteiger partial charge in [0.2, 0.25) is 0 Å². The predicted molar refractivity (Wildman–Crippen MR) is 93.5 cm³/mol. The Hall–Kier alpha value is -2.34. The third-order valence-corrected chi connectivity index (χ3v) is 5.14. The van der Waals surface area contributed by atoms with E-state index in [0.29, 0.717) is 11.5 Å². The maximum absolute atomic E-state index is 14.6. The number of nitrogens with zero attached hydrogens (tertiary/aromatic N) is 1. The molecule has 0 heterocycles. The highest BCUT2D eigenvalue weighted by molar-refractivity contribution is 5.68. The summed E-state index contributed by atoms with van der Waals surface area (Å²) in [7, 11) is 1.44. The number of rotatable bonds is 3. The minimum Gasteiger partial charge on any atom is -0.495 e. The Kier molecular flexibility index (Phi) is 4.85. The fourth-order valence-electron chi connectivity index (χ4n) is 3.58. The number of nitriles is 1. The first kappa shape index (κ1) is 16.5. The van der Waals surface area contributed by atoms with Crippen LogP contribution >= 0.6 is 0 Å². The van der Waals surface area contributed by atoms with E-state index in [9.17, 15) is 4.39 Å². The first-order chi connectivity index (χ1) is 11.6. The van der Waals surface area contributed by atoms with Gasteiger partial charge in [-0.25, -0.2) is 4.39 Å². The molecule has 3 rings (SSSR count). The van der Waals surface area contributed by atoms with Crippen molar-refractivity contribution in [3.8, 4) is 22.9 Å². The van der Waals surface area contributed by atoms with Crippen LogP contribution in [0, 0.1) is 23.1 Å². The molecule has 1 fully saturated rings. The second-order valence-corrected chi connectivity index (χ2v) is 6.69. The van der Waals surface area contributed by atoms with Gasteiger partial charge in [-0.15, -0.1) is 0 Å². The number of halogens is 1. The van der Waals surface area contributed by atoms with Gasteiger partial charge in [-0.3, -0.25) is 0 Å². The lowest BCUT2D eigenvalue weighted by atomic mass is 9.79. The molecule has 1 aliphatic rings. The Labute approximate surface area is 142 Å². The minimum atomic E-state index is -0.518. The van der Waals surface area contributed by atoms with Crippen LogP contribution in [0.1, 0.15) is 49.7 Å². The maximum atomic E-state index is 14.6. The van der Waals surface area contributed by atoms with E-state index in [4.69, 9.17) is 10.00 Å². The van der Waals surface area contributed by atoms with E-state index in [0.717, 1.165) is 11.5 Å². The largest absolute Gasteiger partial charge is 0.495 e. The van der Waals surface area contributed by atoms with Crippen LogP contribution in [0.5, 0.6) is 5.75 Å². The predicted octanol–water partition coefficient (Wildman–Crippen LogP) is 5.67. The molecule has 1 saturated carbocycles. The van der Waals surface area contributed by atoms with E-state index in [2.05, 4.69) is 19.1 Å². The van der Waals surface area contributed by atoms with Crippen molar-refractivity contribution < 1.29 is 9.13 Å². The molecule has 0 N–H and O–H groups in total. The van der Waals surface area contributed by atoms with Gasteiger partial charge in [0.1, 0.15) is 17.4 Å². The van der Waals surface area contributed by atoms with E-state index < -0.39 is 5.82 Å². The lowest BCUT2D eigenvalue weighted by molar-refractivity contribution is 0.348. The summed E-state index contributed by atoms with van der Waals surface area (Å²) in [6.45, 7) is 2.32. The molecule has 124 valence electrons. The monoisotopic (exact) mass is 323 g/mol. The van der Waals surface area contributed by atoms with E-state index in [-0.39, 0.29) is 11.3 Å². The Bertz CT molecular complexity index is 753. The van der Waals surface area contributed by atoms with Gasteiger partial charge in [0.05, 0.1) is 7.11 Å². The first-order valence-corrected chi connectivity index (χ1v) is 8.51. The average Bonchev–Trinajstić information content (AvgIpc) is 2.62. The fraction of sp³-hybridized carbons (Fsp3) is 0.381. The summed E-state index contributed by atoms with van der Waals surface area (Å²) in [5.74, 6) is 1.20. The summed E-state index contributed by atoms with van der Waals surface area (Å²) in [5, 5.41) is 9.17. The zero-order valence-electron chi connectivity index (χ0n) is 14.2. The molecule has 0 spiro atoms. The van der Waals surface area contributed by atoms with Crippen LogP contribution in [0.4, 0.5) is 4.39 Å². The molecular weight excluding hydrogens is 301 g/mol. The van der Waals surface area contributed by atoms with Crippen molar-refractivity contribution >= 4 is 0 Å². The van der Waals surface area contributed by atoms with Crippen LogP contribution in [-0.2, 0) is 0 Å². The van der Waals surface area contributed by atoms with Gasteiger partial charge in [0, 0.05) is 5.56 Å². The highest BCUT2D eigenvalue weighted by atomic mass is 19.1. The molecule has 0 bridgehead atoms. The zero-order valence-corrected chi connectivity index (χ0v) is 14.2. The molecule has 2 aromatic rings. The van der Waals surface area contributed by atoms with Crippen molar-refractivity contribution in [1.29, 1.82) is 5.26 Å². The van der Waals surface area contributed by atoms with Crippen LogP contribution in [0.25, 0.3) is 11.1 Å². The lowest BCUT2D eigenvalue weighted by Crippen LogP contribution is -2.10. The van der Waals surface area contributed by atoms with E-state index in [1.165, 1.54) is 38.4 Å². The van der Waals surface area contributed by atoms with Crippen LogP contribution < -0.4 is 4.74 Å². The summed E-state index contributed by atoms with van der Waals surface area (Å²) in [6.07, 6.45) is 5.03. The Morgan fingerprint density at radius 3 is 2.29 bits per heavy atom. The highest BCUT2D eigenvalue weighted by Gasteiger charge is 2.20. The highest BCUT2D eigenvalue weighted by Crippen LogP contribution is 2.37. The number of hydrogen-bond acceptors (Lipinski definition) is 2. The van der Waals surface area contributed by atoms with Crippen molar-refractivity contribution in [2.75, 3.05) is 7.11 Å². The van der Waals surface area contributed by atoms with Crippen LogP contribution in [0.2, 0.25) is 0 Å². The summed E-state index contributed by atoms with van der Waals surface area (Å²) in [5.41, 5.74) is 2.52. The Balaban J connectivity index is 1.88. The molecule has 1 aliphatic carbocycles. The summed E-state index contributed by atoms with van der Waals surface area (Å²) < 4.78 is 19.7. The van der Waals surface area contributed by atoms with Crippen molar-refractivity contribution in [3.05, 3.63) is 53.3 Å². The summed E-state index contributed by atoms with van der Waals surface area (Å²) in [4.78, 5) is 0. The SMILES string of the molecule is COc1ccc(-c2ccc(C3CCC(C)CC3)cc2)c(F)c1C#N. The molecule has 2 aromatic carbocycles. The van der Waals surface area contributed by atoms with E-state index in [1.54, 1.807) is 12.1 Å². The van der Waals surface area contributed by atoms with Gasteiger partial charge in [0.15, 0.2) is 5.82 Å². The van der Waals surface area contributed by atoms with Crippen molar-refractivity contribution in [2.24, 2.45) is 5.92 Å². The lowest BCUT2D eigenvalue weighted by Gasteiger charge is -2.26. The number of ether oxygens (including phenoxy) is 1. The van der Waals surface area contributed by atoms with Gasteiger partial charge in [-0.2, -0.15) is 5.26 Å². The number of benzene rings is 2. The van der Waals surface area contributed by atoms with Crippen LogP contribution in [0.15, 0.2) is 36.4 Å². The van der Waals surface area contributed by atoms with Gasteiger partial charge < -0.3 is 4.74 Å². The van der Waals surface area contributed by atoms with Crippen molar-refractivity contribution in [2.45, 2.75) is 38.5 Å². The Morgan fingerprint density at radius 2 is 1.71 bits per heavy atom. The molecule has 0 radical (unpaired) electrons. The molecule has 0 aromatic heterocycles. The normalized spacial score (nSPS) is 20.4. The van der Waals surface area contributed by atoms with E-state index in [1.807, 2.05) is 18.2 Å². The zero-order chi connectivity index (χ0) is 17.1. The van der Waals surface area contributed by atoms with Gasteiger partial charge >= 0.3 is 0 Å². The first-order valence-electron chi connectivity index (χ1n) is 8.51. The number of methoxy groups -OCH3 is 1. The topological polar surface area (TPSA) is 33.0 Å². The van der Waals surface area contributed by atoms with Crippen LogP contribution in [-0.4, -0.2) is 7.11 Å². The molecule has 0 unspecified atom stereocenters. The van der Waals surface area contributed by atoms with Gasteiger partial charge in [-0.1, -0.05) is 44.0 Å². The van der Waals surface area contributed by atoms with Gasteiger partial charge in [0.25, 0.3) is 0 Å². The molecular formula is C21H22FNO. The third-order valence-electron chi connectivity index (χ3n) is 5.14. The van der Waals surface area contributed by atoms with Crippen molar-refractivity contribution in [3.63, 3.8) is 0 Å². The molecule has 0 atom stereocenters. The van der Waals surface area contributed by atoms with Gasteiger partial charge in [-0.05, 0) is 47.9 Å². The van der Waals surface area contributed by atoms with Crippen molar-refractivity contribution in [1.82, 2.24) is 0 Å². The molecule has 0 amide bonds. The quantitative estimate of drug-likeness (QED) is 0.729. The smallest absolute Gasteiger partial charge is 0.152 e.